The van der Waals surface area contributed by atoms with E-state index in [0.29, 0.717) is 0 Å². The van der Waals surface area contributed by atoms with Crippen LogP contribution in [0.2, 0.25) is 0 Å². The second-order valence-corrected chi connectivity index (χ2v) is 8.62. The summed E-state index contributed by atoms with van der Waals surface area (Å²) < 4.78 is 0. The summed E-state index contributed by atoms with van der Waals surface area (Å²) >= 11 is 0. The number of hydrogen-bond acceptors (Lipinski definition) is 11. The second kappa shape index (κ2) is 18.7. The summed E-state index contributed by atoms with van der Waals surface area (Å²) in [5.41, 5.74) is 15.4. The maximum atomic E-state index is 12.6. The van der Waals surface area contributed by atoms with Crippen LogP contribution in [0.5, 0.6) is 0 Å². The summed E-state index contributed by atoms with van der Waals surface area (Å²) in [6, 6.07) is -6.16. The normalized spacial score (nSPS) is 14.1. The lowest BCUT2D eigenvalue weighted by atomic mass is 10.1. The first-order valence-electron chi connectivity index (χ1n) is 12.2. The van der Waals surface area contributed by atoms with E-state index in [1.165, 1.54) is 0 Å². The molecule has 0 heterocycles. The Kier molecular flexibility index (Phi) is 16.6. The highest BCUT2D eigenvalue weighted by atomic mass is 16.4. The average molecular weight is 591 g/mol. The van der Waals surface area contributed by atoms with Crippen molar-refractivity contribution in [3.63, 3.8) is 0 Å². The minimum Gasteiger partial charge on any atom is -0.480 e. The highest BCUT2D eigenvalue weighted by molar-refractivity contribution is 5.96. The van der Waals surface area contributed by atoms with Crippen molar-refractivity contribution >= 4 is 47.4 Å². The van der Waals surface area contributed by atoms with Crippen LogP contribution in [0.1, 0.15) is 26.2 Å². The SMILES string of the molecule is C[C@@H](O)[C@H](NC(=O)[C@H](CO)NC(=O)CN)C(=O)NCC(=O)N[C@@H](CC(N)=O)C(=O)N[C@@H](CCCNC(=N)N)C(=O)O. The summed E-state index contributed by atoms with van der Waals surface area (Å²) in [6.07, 6.45) is -2.12. The Morgan fingerprint density at radius 1 is 0.829 bits per heavy atom. The molecule has 0 aliphatic heterocycles. The summed E-state index contributed by atoms with van der Waals surface area (Å²) in [7, 11) is 0. The first kappa shape index (κ1) is 36.4. The minimum absolute atomic E-state index is 0.0891. The van der Waals surface area contributed by atoms with Crippen molar-refractivity contribution in [1.82, 2.24) is 31.9 Å². The van der Waals surface area contributed by atoms with Gasteiger partial charge in [0.05, 0.1) is 32.2 Å². The van der Waals surface area contributed by atoms with Crippen LogP contribution >= 0.6 is 0 Å². The molecule has 0 fully saturated rings. The average Bonchev–Trinajstić information content (AvgIpc) is 2.88. The van der Waals surface area contributed by atoms with E-state index in [-0.39, 0.29) is 25.3 Å². The van der Waals surface area contributed by atoms with Crippen molar-refractivity contribution in [2.75, 3.05) is 26.2 Å². The standard InChI is InChI=1S/C21H38N10O10/c1-9(33)16(31-18(38)12(8-32)29-14(35)6-22)19(39)27-7-15(36)28-11(5-13(23)34)17(37)30-10(20(40)41)3-2-4-26-21(24)25/h9-12,16,32-33H,2-8,22H2,1H3,(H2,23,34)(H,27,39)(H,28,36)(H,29,35)(H,30,37)(H,31,38)(H,40,41)(H4,24,25,26)/t9-,10+,11+,12+,16+/m1/s1. The zero-order valence-corrected chi connectivity index (χ0v) is 22.3. The van der Waals surface area contributed by atoms with Crippen molar-refractivity contribution in [3.8, 4) is 0 Å². The summed E-state index contributed by atoms with van der Waals surface area (Å²) in [4.78, 5) is 84.2. The van der Waals surface area contributed by atoms with E-state index in [9.17, 15) is 48.9 Å². The Balaban J connectivity index is 5.23. The summed E-state index contributed by atoms with van der Waals surface area (Å²) in [5.74, 6) is -7.70. The van der Waals surface area contributed by atoms with Crippen molar-refractivity contribution in [2.45, 2.75) is 56.5 Å². The molecule has 0 unspecified atom stereocenters. The number of carboxylic acids is 1. The quantitative estimate of drug-likeness (QED) is 0.0378. The molecule has 41 heavy (non-hydrogen) atoms. The largest absolute Gasteiger partial charge is 0.480 e. The van der Waals surface area contributed by atoms with Crippen LogP contribution in [0.25, 0.3) is 0 Å². The van der Waals surface area contributed by atoms with E-state index in [0.717, 1.165) is 6.92 Å². The van der Waals surface area contributed by atoms with Crippen molar-refractivity contribution in [2.24, 2.45) is 17.2 Å². The number of rotatable bonds is 19. The number of guanidine groups is 1. The van der Waals surface area contributed by atoms with E-state index >= 15 is 0 Å². The summed E-state index contributed by atoms with van der Waals surface area (Å²) in [5, 5.41) is 48.7. The first-order valence-corrected chi connectivity index (χ1v) is 12.2. The smallest absolute Gasteiger partial charge is 0.326 e. The molecule has 0 radical (unpaired) electrons. The fourth-order valence-corrected chi connectivity index (χ4v) is 3.10. The molecule has 20 heteroatoms. The third-order valence-electron chi connectivity index (χ3n) is 5.16. The number of amides is 6. The molecule has 0 saturated heterocycles. The zero-order chi connectivity index (χ0) is 31.7. The van der Waals surface area contributed by atoms with Crippen LogP contribution < -0.4 is 49.1 Å². The van der Waals surface area contributed by atoms with Gasteiger partial charge < -0.3 is 64.4 Å². The van der Waals surface area contributed by atoms with Gasteiger partial charge in [0.25, 0.3) is 0 Å². The molecule has 0 aliphatic rings. The third kappa shape index (κ3) is 15.0. The first-order chi connectivity index (χ1) is 19.1. The van der Waals surface area contributed by atoms with E-state index in [1.807, 2.05) is 0 Å². The lowest BCUT2D eigenvalue weighted by Crippen LogP contribution is -2.59. The Morgan fingerprint density at radius 2 is 1.41 bits per heavy atom. The van der Waals surface area contributed by atoms with Crippen LogP contribution in [-0.2, 0) is 33.6 Å². The number of aliphatic hydroxyl groups is 2. The van der Waals surface area contributed by atoms with Gasteiger partial charge in [0, 0.05) is 6.54 Å². The van der Waals surface area contributed by atoms with Gasteiger partial charge >= 0.3 is 5.97 Å². The van der Waals surface area contributed by atoms with Gasteiger partial charge in [-0.2, -0.15) is 0 Å². The second-order valence-electron chi connectivity index (χ2n) is 8.62. The number of nitrogens with one attached hydrogen (secondary N) is 7. The van der Waals surface area contributed by atoms with Gasteiger partial charge in [0.1, 0.15) is 24.2 Å². The highest BCUT2D eigenvalue weighted by Gasteiger charge is 2.31. The molecule has 0 spiro atoms. The number of hydrogen-bond donors (Lipinski definition) is 13. The number of carboxylic acid groups (broad SMARTS) is 1. The molecule has 0 aliphatic carbocycles. The van der Waals surface area contributed by atoms with Gasteiger partial charge in [0.15, 0.2) is 5.96 Å². The highest BCUT2D eigenvalue weighted by Crippen LogP contribution is 2.01. The van der Waals surface area contributed by atoms with Gasteiger partial charge in [-0.1, -0.05) is 0 Å². The molecule has 0 saturated carbocycles. The van der Waals surface area contributed by atoms with Gasteiger partial charge in [-0.15, -0.1) is 0 Å². The molecule has 5 atom stereocenters. The van der Waals surface area contributed by atoms with Crippen molar-refractivity contribution in [1.29, 1.82) is 5.41 Å². The van der Waals surface area contributed by atoms with Gasteiger partial charge in [0.2, 0.25) is 35.4 Å². The number of nitrogens with two attached hydrogens (primary N) is 3. The summed E-state index contributed by atoms with van der Waals surface area (Å²) in [6.45, 7) is -0.863. The number of primary amides is 1. The third-order valence-corrected chi connectivity index (χ3v) is 5.16. The molecule has 0 aromatic rings. The van der Waals surface area contributed by atoms with E-state index in [4.69, 9.17) is 22.6 Å². The lowest BCUT2D eigenvalue weighted by molar-refractivity contribution is -0.142. The molecule has 16 N–H and O–H groups in total. The Labute approximate surface area is 234 Å². The van der Waals surface area contributed by atoms with Crippen LogP contribution in [0.15, 0.2) is 0 Å². The number of aliphatic hydroxyl groups excluding tert-OH is 2. The van der Waals surface area contributed by atoms with Crippen molar-refractivity contribution < 1.29 is 48.9 Å². The number of carbonyl (C=O) groups is 7. The molecule has 0 aromatic heterocycles. The van der Waals surface area contributed by atoms with Crippen LogP contribution in [-0.4, -0.2) is 119 Å². The van der Waals surface area contributed by atoms with Gasteiger partial charge in [-0.3, -0.25) is 34.2 Å². The zero-order valence-electron chi connectivity index (χ0n) is 22.3. The molecule has 20 nitrogen and oxygen atoms in total. The topological polar surface area (TPSA) is 354 Å². The molecular weight excluding hydrogens is 552 g/mol. The molecule has 0 bridgehead atoms. The fraction of sp³-hybridized carbons (Fsp3) is 0.619. The molecule has 232 valence electrons. The monoisotopic (exact) mass is 590 g/mol. The molecular formula is C21H38N10O10. The van der Waals surface area contributed by atoms with Gasteiger partial charge in [-0.25, -0.2) is 4.79 Å². The Bertz CT molecular complexity index is 977. The maximum Gasteiger partial charge on any atom is 0.326 e. The predicted octanol–water partition coefficient (Wildman–Crippen LogP) is -7.40. The fourth-order valence-electron chi connectivity index (χ4n) is 3.10. The predicted molar refractivity (Wildman–Crippen MR) is 139 cm³/mol. The van der Waals surface area contributed by atoms with E-state index in [2.05, 4.69) is 31.9 Å². The van der Waals surface area contributed by atoms with Crippen LogP contribution in [0, 0.1) is 5.41 Å². The maximum absolute atomic E-state index is 12.6. The lowest BCUT2D eigenvalue weighted by Gasteiger charge is -2.24. The molecule has 6 amide bonds. The molecule has 0 aromatic carbocycles. The number of aliphatic carboxylic acids is 1. The number of carbonyl (C=O) groups excluding carboxylic acids is 6. The van der Waals surface area contributed by atoms with Crippen molar-refractivity contribution in [3.05, 3.63) is 0 Å². The van der Waals surface area contributed by atoms with Crippen LogP contribution in [0.4, 0.5) is 0 Å². The van der Waals surface area contributed by atoms with Crippen LogP contribution in [0.3, 0.4) is 0 Å². The molecule has 0 rings (SSSR count). The van der Waals surface area contributed by atoms with Gasteiger partial charge in [-0.05, 0) is 19.8 Å². The minimum atomic E-state index is -1.64. The van der Waals surface area contributed by atoms with E-state index < -0.39 is 97.8 Å². The Hall–Kier alpha value is -4.56. The van der Waals surface area contributed by atoms with E-state index in [1.54, 1.807) is 0 Å². The Morgan fingerprint density at radius 3 is 1.90 bits per heavy atom.